The predicted octanol–water partition coefficient (Wildman–Crippen LogP) is 2.79. The molecule has 0 aliphatic heterocycles. The first kappa shape index (κ1) is 14.0. The molecule has 1 aliphatic rings. The summed E-state index contributed by atoms with van der Waals surface area (Å²) in [6, 6.07) is 0. The lowest BCUT2D eigenvalue weighted by atomic mass is 9.93. The van der Waals surface area contributed by atoms with Crippen LogP contribution in [0.3, 0.4) is 0 Å². The Kier molecular flexibility index (Phi) is 4.41. The molecule has 18 heavy (non-hydrogen) atoms. The van der Waals surface area contributed by atoms with Crippen LogP contribution in [0.15, 0.2) is 5.38 Å². The third-order valence-corrected chi connectivity index (χ3v) is 5.34. The maximum atomic E-state index is 6.09. The van der Waals surface area contributed by atoms with E-state index in [1.807, 2.05) is 0 Å². The van der Waals surface area contributed by atoms with Gasteiger partial charge in [0.05, 0.1) is 10.7 Å². The van der Waals surface area contributed by atoms with E-state index in [-0.39, 0.29) is 5.54 Å². The molecule has 0 aromatic carbocycles. The molecule has 4 heteroatoms. The number of rotatable bonds is 5. The highest BCUT2D eigenvalue weighted by molar-refractivity contribution is 7.09. The number of aryl methyl sites for hydroxylation is 1. The van der Waals surface area contributed by atoms with E-state index in [1.165, 1.54) is 31.4 Å². The summed E-state index contributed by atoms with van der Waals surface area (Å²) in [5, 5.41) is 3.32. The monoisotopic (exact) mass is 267 g/mol. The Morgan fingerprint density at radius 3 is 2.89 bits per heavy atom. The number of nitrogens with two attached hydrogens (primary N) is 1. The van der Waals surface area contributed by atoms with Crippen LogP contribution in [-0.2, 0) is 6.54 Å². The van der Waals surface area contributed by atoms with Crippen molar-refractivity contribution in [1.82, 2.24) is 9.88 Å². The van der Waals surface area contributed by atoms with Crippen molar-refractivity contribution in [2.24, 2.45) is 11.7 Å². The third kappa shape index (κ3) is 2.76. The van der Waals surface area contributed by atoms with Crippen molar-refractivity contribution in [1.29, 1.82) is 0 Å². The first-order chi connectivity index (χ1) is 8.59. The van der Waals surface area contributed by atoms with E-state index >= 15 is 0 Å². The molecule has 1 fully saturated rings. The van der Waals surface area contributed by atoms with E-state index in [1.54, 1.807) is 11.3 Å². The molecule has 3 nitrogen and oxygen atoms in total. The highest BCUT2D eigenvalue weighted by atomic mass is 32.1. The zero-order chi connectivity index (χ0) is 13.2. The lowest BCUT2D eigenvalue weighted by Gasteiger charge is -2.38. The second kappa shape index (κ2) is 5.68. The standard InChI is InChI=1S/C14H25N3S/c1-4-12-5-6-14(7-12,10-15)17(3)8-13-9-18-11(2)16-13/h9,12H,4-8,10,15H2,1-3H3. The van der Waals surface area contributed by atoms with E-state index in [2.05, 4.69) is 36.2 Å². The van der Waals surface area contributed by atoms with Crippen LogP contribution in [0.25, 0.3) is 0 Å². The predicted molar refractivity (Wildman–Crippen MR) is 77.7 cm³/mol. The zero-order valence-corrected chi connectivity index (χ0v) is 12.6. The lowest BCUT2D eigenvalue weighted by molar-refractivity contribution is 0.117. The topological polar surface area (TPSA) is 42.1 Å². The molecule has 1 aliphatic carbocycles. The second-order valence-corrected chi connectivity index (χ2v) is 6.72. The van der Waals surface area contributed by atoms with Crippen molar-refractivity contribution in [3.63, 3.8) is 0 Å². The van der Waals surface area contributed by atoms with E-state index in [0.717, 1.165) is 24.0 Å². The Morgan fingerprint density at radius 1 is 1.61 bits per heavy atom. The van der Waals surface area contributed by atoms with E-state index in [0.29, 0.717) is 0 Å². The summed E-state index contributed by atoms with van der Waals surface area (Å²) < 4.78 is 0. The van der Waals surface area contributed by atoms with Gasteiger partial charge in [0.1, 0.15) is 0 Å². The normalized spacial score (nSPS) is 28.2. The number of hydrogen-bond acceptors (Lipinski definition) is 4. The van der Waals surface area contributed by atoms with Crippen molar-refractivity contribution < 1.29 is 0 Å². The third-order valence-electron chi connectivity index (χ3n) is 4.52. The van der Waals surface area contributed by atoms with Gasteiger partial charge in [-0.25, -0.2) is 4.98 Å². The molecule has 2 atom stereocenters. The van der Waals surface area contributed by atoms with Crippen LogP contribution in [0.1, 0.15) is 43.3 Å². The van der Waals surface area contributed by atoms with Gasteiger partial charge in [0.15, 0.2) is 0 Å². The van der Waals surface area contributed by atoms with Crippen molar-refractivity contribution in [3.8, 4) is 0 Å². The minimum atomic E-state index is 0.207. The molecule has 1 heterocycles. The van der Waals surface area contributed by atoms with Gasteiger partial charge in [0.2, 0.25) is 0 Å². The quantitative estimate of drug-likeness (QED) is 0.892. The van der Waals surface area contributed by atoms with Crippen LogP contribution in [0.5, 0.6) is 0 Å². The van der Waals surface area contributed by atoms with E-state index < -0.39 is 0 Å². The molecular formula is C14H25N3S. The van der Waals surface area contributed by atoms with Crippen LogP contribution in [0.2, 0.25) is 0 Å². The molecule has 2 unspecified atom stereocenters. The Morgan fingerprint density at radius 2 is 2.39 bits per heavy atom. The smallest absolute Gasteiger partial charge is 0.0897 e. The summed E-state index contributed by atoms with van der Waals surface area (Å²) in [6.07, 6.45) is 5.10. The van der Waals surface area contributed by atoms with Gasteiger partial charge in [-0.1, -0.05) is 13.3 Å². The molecule has 0 bridgehead atoms. The molecular weight excluding hydrogens is 242 g/mol. The van der Waals surface area contributed by atoms with Gasteiger partial charge in [-0.2, -0.15) is 0 Å². The Bertz CT molecular complexity index is 390. The zero-order valence-electron chi connectivity index (χ0n) is 11.8. The van der Waals surface area contributed by atoms with Crippen molar-refractivity contribution in [3.05, 3.63) is 16.1 Å². The summed E-state index contributed by atoms with van der Waals surface area (Å²) in [5.41, 5.74) is 7.48. The molecule has 1 saturated carbocycles. The van der Waals surface area contributed by atoms with Gasteiger partial charge < -0.3 is 5.73 Å². The Balaban J connectivity index is 2.04. The van der Waals surface area contributed by atoms with Gasteiger partial charge in [-0.3, -0.25) is 4.90 Å². The Labute approximate surface area is 114 Å². The van der Waals surface area contributed by atoms with Crippen LogP contribution in [0, 0.1) is 12.8 Å². The fraction of sp³-hybridized carbons (Fsp3) is 0.786. The largest absolute Gasteiger partial charge is 0.329 e. The molecule has 0 amide bonds. The summed E-state index contributed by atoms with van der Waals surface area (Å²) in [4.78, 5) is 7.00. The SMILES string of the molecule is CCC1CCC(CN)(N(C)Cc2csc(C)n2)C1. The summed E-state index contributed by atoms with van der Waals surface area (Å²) >= 11 is 1.73. The molecule has 102 valence electrons. The van der Waals surface area contributed by atoms with Gasteiger partial charge in [-0.05, 0) is 39.2 Å². The maximum absolute atomic E-state index is 6.09. The molecule has 2 N–H and O–H groups in total. The second-order valence-electron chi connectivity index (χ2n) is 5.66. The number of likely N-dealkylation sites (N-methyl/N-ethyl adjacent to an activating group) is 1. The molecule has 0 radical (unpaired) electrons. The molecule has 0 spiro atoms. The van der Waals surface area contributed by atoms with E-state index in [9.17, 15) is 0 Å². The summed E-state index contributed by atoms with van der Waals surface area (Å²) in [7, 11) is 2.21. The first-order valence-electron chi connectivity index (χ1n) is 6.92. The van der Waals surface area contributed by atoms with Gasteiger partial charge >= 0.3 is 0 Å². The molecule has 1 aromatic rings. The lowest BCUT2D eigenvalue weighted by Crippen LogP contribution is -2.49. The minimum absolute atomic E-state index is 0.207. The molecule has 1 aromatic heterocycles. The van der Waals surface area contributed by atoms with Gasteiger partial charge in [0, 0.05) is 24.0 Å². The molecule has 0 saturated heterocycles. The highest BCUT2D eigenvalue weighted by Crippen LogP contribution is 2.39. The van der Waals surface area contributed by atoms with Crippen LogP contribution in [-0.4, -0.2) is 29.0 Å². The van der Waals surface area contributed by atoms with Crippen molar-refractivity contribution in [2.45, 2.75) is 51.6 Å². The molecule has 2 rings (SSSR count). The van der Waals surface area contributed by atoms with E-state index in [4.69, 9.17) is 5.73 Å². The number of thiazole rings is 1. The maximum Gasteiger partial charge on any atom is 0.0897 e. The Hall–Kier alpha value is -0.450. The van der Waals surface area contributed by atoms with Gasteiger partial charge in [0.25, 0.3) is 0 Å². The fourth-order valence-corrected chi connectivity index (χ4v) is 3.75. The van der Waals surface area contributed by atoms with Crippen molar-refractivity contribution >= 4 is 11.3 Å². The van der Waals surface area contributed by atoms with Crippen LogP contribution < -0.4 is 5.73 Å². The van der Waals surface area contributed by atoms with Crippen LogP contribution in [0.4, 0.5) is 0 Å². The summed E-state index contributed by atoms with van der Waals surface area (Å²) in [6.45, 7) is 6.05. The number of hydrogen-bond donors (Lipinski definition) is 1. The van der Waals surface area contributed by atoms with Gasteiger partial charge in [-0.15, -0.1) is 11.3 Å². The average Bonchev–Trinajstić information content (AvgIpc) is 2.96. The first-order valence-corrected chi connectivity index (χ1v) is 7.80. The fourth-order valence-electron chi connectivity index (χ4n) is 3.14. The summed E-state index contributed by atoms with van der Waals surface area (Å²) in [5.74, 6) is 0.855. The van der Waals surface area contributed by atoms with Crippen molar-refractivity contribution in [2.75, 3.05) is 13.6 Å². The van der Waals surface area contributed by atoms with Crippen LogP contribution >= 0.6 is 11.3 Å². The average molecular weight is 267 g/mol. The minimum Gasteiger partial charge on any atom is -0.329 e. The number of nitrogens with zero attached hydrogens (tertiary/aromatic N) is 2. The number of aromatic nitrogens is 1. The highest BCUT2D eigenvalue weighted by Gasteiger charge is 2.40.